The van der Waals surface area contributed by atoms with Crippen molar-refractivity contribution in [3.05, 3.63) is 64.2 Å². The minimum Gasteiger partial charge on any atom is -0.467 e. The van der Waals surface area contributed by atoms with Gasteiger partial charge >= 0.3 is 18.2 Å². The summed E-state index contributed by atoms with van der Waals surface area (Å²) in [7, 11) is 1.21. The third kappa shape index (κ3) is 8.48. The Hall–Kier alpha value is -4.15. The summed E-state index contributed by atoms with van der Waals surface area (Å²) in [5, 5.41) is 13.1. The van der Waals surface area contributed by atoms with Gasteiger partial charge in [-0.2, -0.15) is 0 Å². The largest absolute Gasteiger partial charge is 0.519 e. The summed E-state index contributed by atoms with van der Waals surface area (Å²) in [5.74, 6) is -0.399. The van der Waals surface area contributed by atoms with Crippen LogP contribution < -0.4 is 14.8 Å². The van der Waals surface area contributed by atoms with Crippen molar-refractivity contribution in [2.75, 3.05) is 7.11 Å². The van der Waals surface area contributed by atoms with Gasteiger partial charge in [0.25, 0.3) is 5.69 Å². The first-order chi connectivity index (χ1) is 15.5. The average Bonchev–Trinajstić information content (AvgIpc) is 2.73. The monoisotopic (exact) mass is 460 g/mol. The van der Waals surface area contributed by atoms with Crippen molar-refractivity contribution in [2.24, 2.45) is 0 Å². The number of hydrogen-bond donors (Lipinski definition) is 1. The molecule has 1 unspecified atom stereocenters. The quantitative estimate of drug-likeness (QED) is 0.282. The maximum Gasteiger partial charge on any atom is 0.519 e. The van der Waals surface area contributed by atoms with Gasteiger partial charge in [-0.3, -0.25) is 10.1 Å². The zero-order chi connectivity index (χ0) is 24.6. The summed E-state index contributed by atoms with van der Waals surface area (Å²) >= 11 is 0. The third-order valence-corrected chi connectivity index (χ3v) is 3.99. The number of methoxy groups -OCH3 is 1. The van der Waals surface area contributed by atoms with E-state index in [2.05, 4.69) is 5.32 Å². The van der Waals surface area contributed by atoms with Gasteiger partial charge in [0, 0.05) is 18.6 Å². The van der Waals surface area contributed by atoms with E-state index in [0.29, 0.717) is 5.56 Å². The normalized spacial score (nSPS) is 11.6. The Morgan fingerprint density at radius 2 is 1.48 bits per heavy atom. The van der Waals surface area contributed by atoms with Crippen LogP contribution in [0.4, 0.5) is 15.3 Å². The fourth-order valence-corrected chi connectivity index (χ4v) is 2.56. The number of hydrogen-bond acceptors (Lipinski definition) is 9. The Morgan fingerprint density at radius 1 is 0.970 bits per heavy atom. The molecule has 0 spiro atoms. The summed E-state index contributed by atoms with van der Waals surface area (Å²) in [6.45, 7) is 5.10. The first-order valence-electron chi connectivity index (χ1n) is 9.77. The summed E-state index contributed by atoms with van der Waals surface area (Å²) in [6, 6.07) is 10.1. The molecular formula is C22H24N2O9. The fourth-order valence-electron chi connectivity index (χ4n) is 2.56. The summed E-state index contributed by atoms with van der Waals surface area (Å²) in [4.78, 5) is 46.1. The second kappa shape index (κ2) is 10.9. The molecular weight excluding hydrogens is 436 g/mol. The zero-order valence-corrected chi connectivity index (χ0v) is 18.5. The van der Waals surface area contributed by atoms with Crippen LogP contribution in [-0.4, -0.2) is 41.9 Å². The smallest absolute Gasteiger partial charge is 0.467 e. The van der Waals surface area contributed by atoms with E-state index in [1.165, 1.54) is 43.5 Å². The van der Waals surface area contributed by atoms with E-state index in [1.54, 1.807) is 32.9 Å². The lowest BCUT2D eigenvalue weighted by Crippen LogP contribution is -2.45. The van der Waals surface area contributed by atoms with Crippen molar-refractivity contribution in [3.8, 4) is 11.5 Å². The fraction of sp³-hybridized carbons (Fsp3) is 0.318. The topological polar surface area (TPSA) is 143 Å². The Bertz CT molecular complexity index is 996. The van der Waals surface area contributed by atoms with Crippen LogP contribution >= 0.6 is 0 Å². The predicted molar refractivity (Wildman–Crippen MR) is 115 cm³/mol. The maximum atomic E-state index is 12.0. The molecule has 2 aromatic carbocycles. The van der Waals surface area contributed by atoms with Crippen molar-refractivity contribution in [3.63, 3.8) is 0 Å². The number of non-ortho nitro benzene ring substituents is 1. The first kappa shape index (κ1) is 25.1. The number of alkyl carbamates (subject to hydrolysis) is 1. The van der Waals surface area contributed by atoms with Crippen LogP contribution in [0.25, 0.3) is 0 Å². The molecule has 0 heterocycles. The zero-order valence-electron chi connectivity index (χ0n) is 18.5. The van der Waals surface area contributed by atoms with E-state index in [9.17, 15) is 24.5 Å². The van der Waals surface area contributed by atoms with Crippen LogP contribution in [0.5, 0.6) is 11.5 Å². The van der Waals surface area contributed by atoms with Crippen LogP contribution in [0.15, 0.2) is 48.5 Å². The van der Waals surface area contributed by atoms with E-state index in [4.69, 9.17) is 18.9 Å². The predicted octanol–water partition coefficient (Wildman–Crippen LogP) is 3.78. The lowest BCUT2D eigenvalue weighted by atomic mass is 10.1. The molecule has 0 saturated heterocycles. The van der Waals surface area contributed by atoms with Crippen LogP contribution in [0.1, 0.15) is 26.3 Å². The SMILES string of the molecule is COC(=O)C(Cc1ccc(OC(=O)Oc2ccc([N+](=O)[O-])cc2)cc1)NC(=O)OC(C)(C)C. The van der Waals surface area contributed by atoms with Gasteiger partial charge in [0.2, 0.25) is 0 Å². The number of rotatable bonds is 7. The van der Waals surface area contributed by atoms with Gasteiger partial charge < -0.3 is 24.3 Å². The number of ether oxygens (including phenoxy) is 4. The van der Waals surface area contributed by atoms with Crippen LogP contribution in [0.3, 0.4) is 0 Å². The second-order valence-electron chi connectivity index (χ2n) is 7.78. The first-order valence-corrected chi connectivity index (χ1v) is 9.77. The Balaban J connectivity index is 1.96. The van der Waals surface area contributed by atoms with Crippen LogP contribution in [0.2, 0.25) is 0 Å². The molecule has 1 amide bonds. The summed E-state index contributed by atoms with van der Waals surface area (Å²) in [5.41, 5.74) is -0.220. The average molecular weight is 460 g/mol. The third-order valence-electron chi connectivity index (χ3n) is 3.99. The number of nitrogens with one attached hydrogen (secondary N) is 1. The molecule has 33 heavy (non-hydrogen) atoms. The molecule has 0 aromatic heterocycles. The molecule has 11 heteroatoms. The molecule has 11 nitrogen and oxygen atoms in total. The number of carbonyl (C=O) groups is 3. The lowest BCUT2D eigenvalue weighted by Gasteiger charge is -2.22. The van der Waals surface area contributed by atoms with Gasteiger partial charge in [-0.05, 0) is 50.6 Å². The molecule has 0 fully saturated rings. The molecule has 0 saturated carbocycles. The van der Waals surface area contributed by atoms with Gasteiger partial charge in [-0.15, -0.1) is 0 Å². The van der Waals surface area contributed by atoms with E-state index < -0.39 is 34.8 Å². The summed E-state index contributed by atoms with van der Waals surface area (Å²) < 4.78 is 19.9. The molecule has 1 atom stereocenters. The number of nitro groups is 1. The molecule has 2 aromatic rings. The number of amides is 1. The van der Waals surface area contributed by atoms with Gasteiger partial charge in [0.05, 0.1) is 12.0 Å². The van der Waals surface area contributed by atoms with Gasteiger partial charge in [0.15, 0.2) is 0 Å². The van der Waals surface area contributed by atoms with E-state index >= 15 is 0 Å². The second-order valence-corrected chi connectivity index (χ2v) is 7.78. The highest BCUT2D eigenvalue weighted by Crippen LogP contribution is 2.19. The lowest BCUT2D eigenvalue weighted by molar-refractivity contribution is -0.384. The molecule has 0 aliphatic rings. The van der Waals surface area contributed by atoms with Gasteiger partial charge in [-0.1, -0.05) is 12.1 Å². The van der Waals surface area contributed by atoms with Crippen molar-refractivity contribution in [2.45, 2.75) is 38.8 Å². The standard InChI is InChI=1S/C22H24N2O9/c1-22(2,3)33-20(26)23-18(19(25)30-4)13-14-5-9-16(10-6-14)31-21(27)32-17-11-7-15(8-12-17)24(28)29/h5-12,18H,13H2,1-4H3,(H,23,26). The number of esters is 1. The Kier molecular flexibility index (Phi) is 8.32. The number of carbonyl (C=O) groups excluding carboxylic acids is 3. The minimum absolute atomic E-state index is 0.0800. The number of nitrogens with zero attached hydrogens (tertiary/aromatic N) is 1. The number of benzene rings is 2. The van der Waals surface area contributed by atoms with E-state index in [1.807, 2.05) is 0 Å². The highest BCUT2D eigenvalue weighted by molar-refractivity contribution is 5.81. The molecule has 0 aliphatic carbocycles. The molecule has 0 aliphatic heterocycles. The van der Waals surface area contributed by atoms with Crippen molar-refractivity contribution in [1.82, 2.24) is 5.32 Å². The van der Waals surface area contributed by atoms with Gasteiger partial charge in [0.1, 0.15) is 23.1 Å². The highest BCUT2D eigenvalue weighted by atomic mass is 16.7. The van der Waals surface area contributed by atoms with E-state index in [-0.39, 0.29) is 23.6 Å². The minimum atomic E-state index is -1.03. The highest BCUT2D eigenvalue weighted by Gasteiger charge is 2.25. The molecule has 176 valence electrons. The molecule has 1 N–H and O–H groups in total. The Labute approximate surface area is 189 Å². The number of nitro benzene ring substituents is 1. The van der Waals surface area contributed by atoms with E-state index in [0.717, 1.165) is 0 Å². The summed E-state index contributed by atoms with van der Waals surface area (Å²) in [6.07, 6.45) is -1.68. The van der Waals surface area contributed by atoms with Crippen LogP contribution in [0, 0.1) is 10.1 Å². The molecule has 0 bridgehead atoms. The van der Waals surface area contributed by atoms with Crippen LogP contribution in [-0.2, 0) is 20.7 Å². The van der Waals surface area contributed by atoms with Crippen molar-refractivity contribution < 1.29 is 38.3 Å². The molecule has 0 radical (unpaired) electrons. The van der Waals surface area contributed by atoms with Gasteiger partial charge in [-0.25, -0.2) is 14.4 Å². The maximum absolute atomic E-state index is 12.0. The molecule has 2 rings (SSSR count). The van der Waals surface area contributed by atoms with Crippen molar-refractivity contribution >= 4 is 23.9 Å². The Morgan fingerprint density at radius 3 is 1.94 bits per heavy atom. The van der Waals surface area contributed by atoms with Crippen molar-refractivity contribution in [1.29, 1.82) is 0 Å².